The molecule has 2 nitrogen and oxygen atoms in total. The number of nitrogens with two attached hydrogens (primary N) is 1. The largest absolute Gasteiger partial charge is 0.449 e. The Balaban J connectivity index is 2.25. The molecule has 72 valence electrons. The molecule has 1 heterocycles. The van der Waals surface area contributed by atoms with Crippen LogP contribution in [0.25, 0.3) is 0 Å². The SMILES string of the molecule is NCCC1CCCc2cc(Cl)oc21. The fourth-order valence-electron chi connectivity index (χ4n) is 2.10. The number of halogens is 1. The summed E-state index contributed by atoms with van der Waals surface area (Å²) in [6, 6.07) is 1.94. The van der Waals surface area contributed by atoms with E-state index in [9.17, 15) is 0 Å². The van der Waals surface area contributed by atoms with E-state index in [1.807, 2.05) is 6.07 Å². The number of aryl methyl sites for hydroxylation is 1. The first-order chi connectivity index (χ1) is 6.31. The van der Waals surface area contributed by atoms with E-state index in [0.29, 0.717) is 11.1 Å². The highest BCUT2D eigenvalue weighted by molar-refractivity contribution is 6.28. The van der Waals surface area contributed by atoms with Crippen LogP contribution in [0.2, 0.25) is 5.22 Å². The van der Waals surface area contributed by atoms with Crippen molar-refractivity contribution in [2.45, 2.75) is 31.6 Å². The molecule has 3 heteroatoms. The fourth-order valence-corrected chi connectivity index (χ4v) is 2.31. The third-order valence-corrected chi connectivity index (χ3v) is 2.88. The highest BCUT2D eigenvalue weighted by atomic mass is 35.5. The molecular weight excluding hydrogens is 186 g/mol. The maximum absolute atomic E-state index is 5.82. The first-order valence-corrected chi connectivity index (χ1v) is 5.17. The molecule has 0 fully saturated rings. The predicted molar refractivity (Wildman–Crippen MR) is 53.1 cm³/mol. The van der Waals surface area contributed by atoms with Crippen LogP contribution < -0.4 is 5.73 Å². The van der Waals surface area contributed by atoms with Gasteiger partial charge >= 0.3 is 0 Å². The minimum atomic E-state index is 0.501. The second kappa shape index (κ2) is 3.72. The van der Waals surface area contributed by atoms with E-state index in [1.54, 1.807) is 0 Å². The molecule has 1 aromatic rings. The second-order valence-electron chi connectivity index (χ2n) is 3.61. The van der Waals surface area contributed by atoms with Gasteiger partial charge in [-0.3, -0.25) is 0 Å². The zero-order valence-corrected chi connectivity index (χ0v) is 8.31. The Bertz CT molecular complexity index is 295. The summed E-state index contributed by atoms with van der Waals surface area (Å²) in [7, 11) is 0. The lowest BCUT2D eigenvalue weighted by atomic mass is 9.86. The van der Waals surface area contributed by atoms with Gasteiger partial charge in [-0.05, 0) is 55.5 Å². The van der Waals surface area contributed by atoms with Crippen molar-refractivity contribution >= 4 is 11.6 Å². The summed E-state index contributed by atoms with van der Waals surface area (Å²) >= 11 is 5.82. The molecule has 1 aromatic heterocycles. The van der Waals surface area contributed by atoms with E-state index in [1.165, 1.54) is 18.4 Å². The van der Waals surface area contributed by atoms with Gasteiger partial charge in [0.1, 0.15) is 5.76 Å². The number of furan rings is 1. The molecule has 1 aliphatic carbocycles. The molecule has 0 saturated heterocycles. The number of rotatable bonds is 2. The van der Waals surface area contributed by atoms with Gasteiger partial charge in [0.15, 0.2) is 5.22 Å². The van der Waals surface area contributed by atoms with Gasteiger partial charge in [-0.25, -0.2) is 0 Å². The second-order valence-corrected chi connectivity index (χ2v) is 3.98. The van der Waals surface area contributed by atoms with Gasteiger partial charge in [-0.1, -0.05) is 0 Å². The van der Waals surface area contributed by atoms with Crippen molar-refractivity contribution in [1.29, 1.82) is 0 Å². The molecule has 2 rings (SSSR count). The van der Waals surface area contributed by atoms with Crippen LogP contribution in [0.5, 0.6) is 0 Å². The van der Waals surface area contributed by atoms with E-state index in [4.69, 9.17) is 21.8 Å². The number of hydrogen-bond donors (Lipinski definition) is 1. The van der Waals surface area contributed by atoms with Gasteiger partial charge in [0.25, 0.3) is 0 Å². The molecule has 2 N–H and O–H groups in total. The Morgan fingerprint density at radius 1 is 1.62 bits per heavy atom. The van der Waals surface area contributed by atoms with Crippen molar-refractivity contribution in [2.24, 2.45) is 5.73 Å². The summed E-state index contributed by atoms with van der Waals surface area (Å²) < 4.78 is 5.48. The lowest BCUT2D eigenvalue weighted by Gasteiger charge is -2.19. The lowest BCUT2D eigenvalue weighted by Crippen LogP contribution is -2.12. The average Bonchev–Trinajstić information content (AvgIpc) is 2.47. The Labute approximate surface area is 83.1 Å². The van der Waals surface area contributed by atoms with Crippen molar-refractivity contribution in [2.75, 3.05) is 6.54 Å². The summed E-state index contributed by atoms with van der Waals surface area (Å²) in [5.74, 6) is 1.59. The van der Waals surface area contributed by atoms with Gasteiger partial charge in [0.2, 0.25) is 0 Å². The van der Waals surface area contributed by atoms with E-state index >= 15 is 0 Å². The number of hydrogen-bond acceptors (Lipinski definition) is 2. The van der Waals surface area contributed by atoms with Crippen molar-refractivity contribution in [3.8, 4) is 0 Å². The van der Waals surface area contributed by atoms with Crippen LogP contribution >= 0.6 is 11.6 Å². The van der Waals surface area contributed by atoms with Gasteiger partial charge in [-0.15, -0.1) is 0 Å². The van der Waals surface area contributed by atoms with E-state index in [2.05, 4.69) is 0 Å². The van der Waals surface area contributed by atoms with Crippen molar-refractivity contribution in [3.63, 3.8) is 0 Å². The van der Waals surface area contributed by atoms with Crippen LogP contribution in [0.15, 0.2) is 10.5 Å². The molecule has 1 atom stereocenters. The highest BCUT2D eigenvalue weighted by Gasteiger charge is 2.23. The van der Waals surface area contributed by atoms with E-state index < -0.39 is 0 Å². The lowest BCUT2D eigenvalue weighted by molar-refractivity contribution is 0.405. The summed E-state index contributed by atoms with van der Waals surface area (Å²) in [4.78, 5) is 0. The minimum Gasteiger partial charge on any atom is -0.449 e. The third-order valence-electron chi connectivity index (χ3n) is 2.70. The standard InChI is InChI=1S/C10H14ClNO/c11-9-6-8-3-1-2-7(4-5-12)10(8)13-9/h6-7H,1-5,12H2. The van der Waals surface area contributed by atoms with Gasteiger partial charge < -0.3 is 10.2 Å². The summed E-state index contributed by atoms with van der Waals surface area (Å²) in [5, 5.41) is 0.522. The van der Waals surface area contributed by atoms with Crippen LogP contribution in [-0.4, -0.2) is 6.54 Å². The first kappa shape index (κ1) is 9.10. The topological polar surface area (TPSA) is 39.2 Å². The third kappa shape index (κ3) is 1.74. The quantitative estimate of drug-likeness (QED) is 0.796. The molecule has 0 spiro atoms. The zero-order valence-electron chi connectivity index (χ0n) is 7.55. The van der Waals surface area contributed by atoms with Crippen LogP contribution in [0, 0.1) is 0 Å². The first-order valence-electron chi connectivity index (χ1n) is 4.79. The van der Waals surface area contributed by atoms with Crippen LogP contribution in [0.3, 0.4) is 0 Å². The van der Waals surface area contributed by atoms with Crippen molar-refractivity contribution in [3.05, 3.63) is 22.6 Å². The number of fused-ring (bicyclic) bond motifs is 1. The molecule has 0 radical (unpaired) electrons. The molecule has 13 heavy (non-hydrogen) atoms. The maximum atomic E-state index is 5.82. The molecule has 0 amide bonds. The van der Waals surface area contributed by atoms with Crippen LogP contribution in [-0.2, 0) is 6.42 Å². The van der Waals surface area contributed by atoms with E-state index in [-0.39, 0.29) is 0 Å². The summed E-state index contributed by atoms with van der Waals surface area (Å²) in [6.45, 7) is 0.725. The van der Waals surface area contributed by atoms with Crippen LogP contribution in [0.4, 0.5) is 0 Å². The average molecular weight is 200 g/mol. The molecular formula is C10H14ClNO. The Hall–Kier alpha value is -0.470. The molecule has 0 bridgehead atoms. The Morgan fingerprint density at radius 2 is 2.46 bits per heavy atom. The smallest absolute Gasteiger partial charge is 0.193 e. The van der Waals surface area contributed by atoms with Gasteiger partial charge in [0.05, 0.1) is 0 Å². The van der Waals surface area contributed by atoms with Crippen molar-refractivity contribution in [1.82, 2.24) is 0 Å². The molecule has 1 aliphatic rings. The Morgan fingerprint density at radius 3 is 3.23 bits per heavy atom. The predicted octanol–water partition coefficient (Wildman–Crippen LogP) is 2.70. The molecule has 1 unspecified atom stereocenters. The zero-order chi connectivity index (χ0) is 9.26. The van der Waals surface area contributed by atoms with Gasteiger partial charge in [-0.2, -0.15) is 0 Å². The van der Waals surface area contributed by atoms with E-state index in [0.717, 1.165) is 25.1 Å². The molecule has 0 aromatic carbocycles. The Kier molecular flexibility index (Phi) is 2.61. The monoisotopic (exact) mass is 199 g/mol. The normalized spacial score (nSPS) is 21.5. The minimum absolute atomic E-state index is 0.501. The fraction of sp³-hybridized carbons (Fsp3) is 0.600. The molecule has 0 saturated carbocycles. The van der Waals surface area contributed by atoms with Crippen molar-refractivity contribution < 1.29 is 4.42 Å². The summed E-state index contributed by atoms with van der Waals surface area (Å²) in [6.07, 6.45) is 4.53. The highest BCUT2D eigenvalue weighted by Crippen LogP contribution is 2.36. The van der Waals surface area contributed by atoms with Gasteiger partial charge in [0, 0.05) is 5.92 Å². The summed E-state index contributed by atoms with van der Waals surface area (Å²) in [5.41, 5.74) is 6.84. The molecule has 0 aliphatic heterocycles. The van der Waals surface area contributed by atoms with Crippen LogP contribution in [0.1, 0.15) is 36.5 Å². The maximum Gasteiger partial charge on any atom is 0.193 e.